The van der Waals surface area contributed by atoms with Crippen molar-refractivity contribution < 1.29 is 4.79 Å². The van der Waals surface area contributed by atoms with Crippen LogP contribution in [0.25, 0.3) is 0 Å². The van der Waals surface area contributed by atoms with Gasteiger partial charge in [0.2, 0.25) is 5.91 Å². The van der Waals surface area contributed by atoms with Crippen molar-refractivity contribution in [3.8, 4) is 12.3 Å². The molecule has 2 unspecified atom stereocenters. The first kappa shape index (κ1) is 9.99. The third-order valence-electron chi connectivity index (χ3n) is 1.44. The van der Waals surface area contributed by atoms with Crippen LogP contribution in [0.15, 0.2) is 0 Å². The van der Waals surface area contributed by atoms with E-state index < -0.39 is 0 Å². The number of likely N-dealkylation sites (N-methyl/N-ethyl adjacent to an activating group) is 1. The lowest BCUT2D eigenvalue weighted by molar-refractivity contribution is -0.122. The maximum Gasteiger partial charge on any atom is 0.237 e. The number of hydrogen-bond donors (Lipinski definition) is 2. The van der Waals surface area contributed by atoms with Crippen LogP contribution in [0.3, 0.4) is 0 Å². The van der Waals surface area contributed by atoms with Gasteiger partial charge in [-0.05, 0) is 20.9 Å². The van der Waals surface area contributed by atoms with E-state index in [9.17, 15) is 4.79 Å². The zero-order valence-electron chi connectivity index (χ0n) is 7.14. The van der Waals surface area contributed by atoms with Crippen LogP contribution < -0.4 is 10.6 Å². The SMILES string of the molecule is C#CC(C)NC(=O)C(C)NC. The standard InChI is InChI=1S/C8H14N2O/c1-5-6(2)10-8(11)7(3)9-4/h1,6-7,9H,2-4H3,(H,10,11). The fourth-order valence-electron chi connectivity index (χ4n) is 0.511. The smallest absolute Gasteiger partial charge is 0.237 e. The van der Waals surface area contributed by atoms with Gasteiger partial charge >= 0.3 is 0 Å². The Labute approximate surface area is 67.6 Å². The van der Waals surface area contributed by atoms with Crippen LogP contribution in [0.1, 0.15) is 13.8 Å². The van der Waals surface area contributed by atoms with Crippen molar-refractivity contribution in [2.24, 2.45) is 0 Å². The van der Waals surface area contributed by atoms with E-state index >= 15 is 0 Å². The zero-order valence-corrected chi connectivity index (χ0v) is 7.14. The Hall–Kier alpha value is -1.01. The predicted octanol–water partition coefficient (Wildman–Crippen LogP) is -0.268. The minimum Gasteiger partial charge on any atom is -0.341 e. The Bertz CT molecular complexity index is 171. The lowest BCUT2D eigenvalue weighted by Gasteiger charge is -2.12. The van der Waals surface area contributed by atoms with Gasteiger partial charge in [-0.15, -0.1) is 6.42 Å². The summed E-state index contributed by atoms with van der Waals surface area (Å²) in [6, 6.07) is -0.385. The van der Waals surface area contributed by atoms with Crippen molar-refractivity contribution in [1.29, 1.82) is 0 Å². The zero-order chi connectivity index (χ0) is 8.85. The average molecular weight is 154 g/mol. The van der Waals surface area contributed by atoms with Crippen molar-refractivity contribution in [3.05, 3.63) is 0 Å². The molecule has 1 amide bonds. The molecule has 0 aliphatic rings. The molecule has 0 rings (SSSR count). The molecule has 0 radical (unpaired) electrons. The number of terminal acetylenes is 1. The van der Waals surface area contributed by atoms with E-state index in [4.69, 9.17) is 6.42 Å². The second-order valence-electron chi connectivity index (χ2n) is 2.41. The van der Waals surface area contributed by atoms with Crippen molar-refractivity contribution in [2.45, 2.75) is 25.9 Å². The summed E-state index contributed by atoms with van der Waals surface area (Å²) < 4.78 is 0. The first-order valence-corrected chi connectivity index (χ1v) is 3.55. The highest BCUT2D eigenvalue weighted by atomic mass is 16.2. The number of carbonyl (C=O) groups excluding carboxylic acids is 1. The molecule has 0 saturated heterocycles. The van der Waals surface area contributed by atoms with E-state index in [2.05, 4.69) is 16.6 Å². The first-order valence-electron chi connectivity index (χ1n) is 3.55. The van der Waals surface area contributed by atoms with Gasteiger partial charge in [-0.3, -0.25) is 4.79 Å². The van der Waals surface area contributed by atoms with Crippen molar-refractivity contribution in [1.82, 2.24) is 10.6 Å². The minimum atomic E-state index is -0.196. The molecule has 0 aromatic rings. The highest BCUT2D eigenvalue weighted by Crippen LogP contribution is 1.82. The van der Waals surface area contributed by atoms with Crippen molar-refractivity contribution in [3.63, 3.8) is 0 Å². The molecule has 3 nitrogen and oxygen atoms in total. The maximum absolute atomic E-state index is 11.1. The Morgan fingerprint density at radius 1 is 1.55 bits per heavy atom. The monoisotopic (exact) mass is 154 g/mol. The van der Waals surface area contributed by atoms with Crippen LogP contribution in [-0.2, 0) is 4.79 Å². The van der Waals surface area contributed by atoms with Crippen LogP contribution in [0.5, 0.6) is 0 Å². The molecule has 0 aromatic carbocycles. The van der Waals surface area contributed by atoms with E-state index in [0.717, 1.165) is 0 Å². The summed E-state index contributed by atoms with van der Waals surface area (Å²) in [6.45, 7) is 3.54. The molecular formula is C8H14N2O. The quantitative estimate of drug-likeness (QED) is 0.549. The van der Waals surface area contributed by atoms with Crippen LogP contribution in [0.2, 0.25) is 0 Å². The third kappa shape index (κ3) is 3.64. The van der Waals surface area contributed by atoms with Gasteiger partial charge in [-0.2, -0.15) is 0 Å². The molecule has 0 aliphatic heterocycles. The minimum absolute atomic E-state index is 0.0713. The third-order valence-corrected chi connectivity index (χ3v) is 1.44. The van der Waals surface area contributed by atoms with Gasteiger partial charge in [0.05, 0.1) is 12.1 Å². The van der Waals surface area contributed by atoms with E-state index in [1.807, 2.05) is 0 Å². The largest absolute Gasteiger partial charge is 0.341 e. The molecule has 0 aliphatic carbocycles. The van der Waals surface area contributed by atoms with Gasteiger partial charge in [-0.1, -0.05) is 5.92 Å². The van der Waals surface area contributed by atoms with Gasteiger partial charge < -0.3 is 10.6 Å². The highest BCUT2D eigenvalue weighted by Gasteiger charge is 2.10. The Balaban J connectivity index is 3.80. The second kappa shape index (κ2) is 4.75. The number of rotatable bonds is 3. The Kier molecular flexibility index (Phi) is 4.32. The first-order chi connectivity index (χ1) is 5.11. The molecule has 11 heavy (non-hydrogen) atoms. The molecule has 2 N–H and O–H groups in total. The van der Waals surface area contributed by atoms with Crippen molar-refractivity contribution >= 4 is 5.91 Å². The summed E-state index contributed by atoms with van der Waals surface area (Å²) >= 11 is 0. The van der Waals surface area contributed by atoms with Crippen LogP contribution >= 0.6 is 0 Å². The normalized spacial score (nSPS) is 14.7. The fourth-order valence-corrected chi connectivity index (χ4v) is 0.511. The summed E-state index contributed by atoms with van der Waals surface area (Å²) in [7, 11) is 1.73. The number of nitrogens with one attached hydrogen (secondary N) is 2. The van der Waals surface area contributed by atoms with E-state index in [-0.39, 0.29) is 18.0 Å². The Morgan fingerprint density at radius 3 is 2.45 bits per heavy atom. The molecule has 0 saturated carbocycles. The lowest BCUT2D eigenvalue weighted by Crippen LogP contribution is -2.43. The van der Waals surface area contributed by atoms with Gasteiger partial charge in [0.25, 0.3) is 0 Å². The summed E-state index contributed by atoms with van der Waals surface area (Å²) in [6.07, 6.45) is 5.08. The van der Waals surface area contributed by atoms with Crippen LogP contribution in [0, 0.1) is 12.3 Å². The second-order valence-corrected chi connectivity index (χ2v) is 2.41. The molecule has 0 spiro atoms. The van der Waals surface area contributed by atoms with E-state index in [0.29, 0.717) is 0 Å². The molecule has 62 valence electrons. The summed E-state index contributed by atoms with van der Waals surface area (Å²) in [4.78, 5) is 11.1. The average Bonchev–Trinajstić information content (AvgIpc) is 2.02. The summed E-state index contributed by atoms with van der Waals surface area (Å²) in [5.41, 5.74) is 0. The number of carbonyl (C=O) groups is 1. The topological polar surface area (TPSA) is 41.1 Å². The molecule has 0 aromatic heterocycles. The molecule has 0 fully saturated rings. The van der Waals surface area contributed by atoms with Crippen molar-refractivity contribution in [2.75, 3.05) is 7.05 Å². The van der Waals surface area contributed by atoms with E-state index in [1.165, 1.54) is 0 Å². The Morgan fingerprint density at radius 2 is 2.09 bits per heavy atom. The van der Waals surface area contributed by atoms with Gasteiger partial charge in [0.15, 0.2) is 0 Å². The van der Waals surface area contributed by atoms with Gasteiger partial charge in [0, 0.05) is 0 Å². The molecule has 0 bridgehead atoms. The maximum atomic E-state index is 11.1. The molecule has 0 heterocycles. The van der Waals surface area contributed by atoms with Crippen LogP contribution in [-0.4, -0.2) is 25.0 Å². The molecular weight excluding hydrogens is 140 g/mol. The van der Waals surface area contributed by atoms with E-state index in [1.54, 1.807) is 20.9 Å². The van der Waals surface area contributed by atoms with Gasteiger partial charge in [-0.25, -0.2) is 0 Å². The fraction of sp³-hybridized carbons (Fsp3) is 0.625. The molecule has 3 heteroatoms. The number of amides is 1. The predicted molar refractivity (Wildman–Crippen MR) is 45.0 cm³/mol. The summed E-state index contributed by atoms with van der Waals surface area (Å²) in [5, 5.41) is 5.46. The summed E-state index contributed by atoms with van der Waals surface area (Å²) in [5.74, 6) is 2.34. The number of hydrogen-bond acceptors (Lipinski definition) is 2. The van der Waals surface area contributed by atoms with Crippen LogP contribution in [0.4, 0.5) is 0 Å². The highest BCUT2D eigenvalue weighted by molar-refractivity contribution is 5.81. The molecule has 2 atom stereocenters. The lowest BCUT2D eigenvalue weighted by atomic mass is 10.3. The van der Waals surface area contributed by atoms with Gasteiger partial charge in [0.1, 0.15) is 0 Å².